The summed E-state index contributed by atoms with van der Waals surface area (Å²) in [6.07, 6.45) is 3.09. The monoisotopic (exact) mass is 626 g/mol. The number of hydrogen-bond acceptors (Lipinski definition) is 4. The lowest BCUT2D eigenvalue weighted by atomic mass is 9.81. The highest BCUT2D eigenvalue weighted by molar-refractivity contribution is 6.33. The zero-order valence-electron chi connectivity index (χ0n) is 26.6. The predicted octanol–water partition coefficient (Wildman–Crippen LogP) is 11.8. The van der Waals surface area contributed by atoms with E-state index >= 15 is 0 Å². The van der Waals surface area contributed by atoms with Gasteiger partial charge in [-0.1, -0.05) is 140 Å². The van der Waals surface area contributed by atoms with Gasteiger partial charge in [0.15, 0.2) is 0 Å². The summed E-state index contributed by atoms with van der Waals surface area (Å²) in [5, 5.41) is 7.24. The van der Waals surface area contributed by atoms with Crippen LogP contribution in [0, 0.1) is 0 Å². The van der Waals surface area contributed by atoms with Gasteiger partial charge in [-0.15, -0.1) is 0 Å². The highest BCUT2D eigenvalue weighted by Crippen LogP contribution is 2.49. The predicted molar refractivity (Wildman–Crippen MR) is 203 cm³/mol. The summed E-state index contributed by atoms with van der Waals surface area (Å²) >= 11 is 0. The van der Waals surface area contributed by atoms with Gasteiger partial charge in [-0.25, -0.2) is 15.0 Å². The van der Waals surface area contributed by atoms with Gasteiger partial charge in [-0.2, -0.15) is 0 Å². The Morgan fingerprint density at radius 2 is 0.898 bits per heavy atom. The van der Waals surface area contributed by atoms with Crippen molar-refractivity contribution >= 4 is 49.6 Å². The van der Waals surface area contributed by atoms with Crippen molar-refractivity contribution < 1.29 is 0 Å². The maximum atomic E-state index is 4.57. The van der Waals surface area contributed by atoms with Gasteiger partial charge in [0.05, 0.1) is 0 Å². The number of hydrogen-bond donors (Lipinski definition) is 0. The number of benzene rings is 8. The van der Waals surface area contributed by atoms with Gasteiger partial charge in [0, 0.05) is 11.4 Å². The molecule has 0 amide bonds. The largest absolute Gasteiger partial charge is 0.279 e. The van der Waals surface area contributed by atoms with Gasteiger partial charge in [0.2, 0.25) is 5.95 Å². The molecule has 1 aromatic heterocycles. The van der Waals surface area contributed by atoms with Crippen molar-refractivity contribution in [3.63, 3.8) is 0 Å². The fraction of sp³-hybridized carbons (Fsp3) is 0. The number of para-hydroxylation sites is 1. The summed E-state index contributed by atoms with van der Waals surface area (Å²) in [6.45, 7) is 0. The summed E-state index contributed by atoms with van der Waals surface area (Å²) in [4.78, 5) is 15.3. The Hall–Kier alpha value is -6.65. The van der Waals surface area contributed by atoms with Gasteiger partial charge in [-0.3, -0.25) is 4.90 Å². The Morgan fingerprint density at radius 1 is 0.367 bits per heavy atom. The molecule has 0 spiro atoms. The molecular formula is C45H30N4. The topological polar surface area (TPSA) is 41.9 Å². The van der Waals surface area contributed by atoms with Gasteiger partial charge in [-0.05, 0) is 96.0 Å². The van der Waals surface area contributed by atoms with Crippen molar-refractivity contribution in [1.29, 1.82) is 0 Å². The Morgan fingerprint density at radius 3 is 1.55 bits per heavy atom. The molecule has 0 saturated heterocycles. The molecule has 49 heavy (non-hydrogen) atoms. The molecule has 8 aromatic carbocycles. The number of aromatic nitrogens is 3. The van der Waals surface area contributed by atoms with Crippen molar-refractivity contribution in [2.75, 3.05) is 4.90 Å². The fourth-order valence-electron chi connectivity index (χ4n) is 7.18. The Bertz CT molecular complexity index is 2530. The molecule has 4 nitrogen and oxygen atoms in total. The van der Waals surface area contributed by atoms with Crippen molar-refractivity contribution in [3.8, 4) is 33.4 Å². The van der Waals surface area contributed by atoms with E-state index in [0.29, 0.717) is 5.95 Å². The molecule has 4 heteroatoms. The highest BCUT2D eigenvalue weighted by Gasteiger charge is 2.23. The smallest absolute Gasteiger partial charge is 0.237 e. The second-order valence-corrected chi connectivity index (χ2v) is 12.1. The molecule has 0 atom stereocenters. The summed E-state index contributed by atoms with van der Waals surface area (Å²) in [5.41, 5.74) is 9.14. The number of fused-ring (bicyclic) bond motifs is 6. The van der Waals surface area contributed by atoms with Gasteiger partial charge >= 0.3 is 0 Å². The molecule has 0 N–H and O–H groups in total. The molecule has 0 saturated carbocycles. The first-order valence-electron chi connectivity index (χ1n) is 16.4. The van der Waals surface area contributed by atoms with Gasteiger partial charge in [0.1, 0.15) is 12.7 Å². The summed E-state index contributed by atoms with van der Waals surface area (Å²) in [5.74, 6) is 0.563. The average Bonchev–Trinajstić information content (AvgIpc) is 3.19. The second-order valence-electron chi connectivity index (χ2n) is 12.1. The first-order valence-corrected chi connectivity index (χ1v) is 16.4. The van der Waals surface area contributed by atoms with Crippen LogP contribution >= 0.6 is 0 Å². The number of nitrogens with zero attached hydrogens (tertiary/aromatic N) is 4. The fourth-order valence-corrected chi connectivity index (χ4v) is 7.18. The van der Waals surface area contributed by atoms with E-state index in [2.05, 4.69) is 172 Å². The molecule has 230 valence electrons. The van der Waals surface area contributed by atoms with Gasteiger partial charge in [0.25, 0.3) is 0 Å². The standard InChI is InChI=1S/C45H30N4/c1-5-15-31(16-6-1)39-28-40(32-17-7-2-8-18-32)43-37-24-14-13-23-36(37)41-27-35(25-26-38(41)44(43)42(39)33-19-9-3-10-20-33)49(34-21-11-4-12-22-34)45-47-29-46-30-48-45/h1-30H. The van der Waals surface area contributed by atoms with Crippen LogP contribution in [0.5, 0.6) is 0 Å². The van der Waals surface area contributed by atoms with E-state index in [1.165, 1.54) is 60.3 Å². The molecule has 0 radical (unpaired) electrons. The Kier molecular flexibility index (Phi) is 7.10. The van der Waals surface area contributed by atoms with E-state index in [-0.39, 0.29) is 0 Å². The second kappa shape index (κ2) is 12.2. The molecule has 0 unspecified atom stereocenters. The van der Waals surface area contributed by atoms with Gasteiger partial charge < -0.3 is 0 Å². The van der Waals surface area contributed by atoms with E-state index in [1.54, 1.807) is 12.7 Å². The van der Waals surface area contributed by atoms with Crippen molar-refractivity contribution in [2.24, 2.45) is 0 Å². The molecule has 0 fully saturated rings. The maximum absolute atomic E-state index is 4.57. The van der Waals surface area contributed by atoms with Crippen LogP contribution in [0.3, 0.4) is 0 Å². The molecule has 0 aliphatic carbocycles. The normalized spacial score (nSPS) is 11.3. The third-order valence-corrected chi connectivity index (χ3v) is 9.27. The quantitative estimate of drug-likeness (QED) is 0.172. The van der Waals surface area contributed by atoms with E-state index in [0.717, 1.165) is 16.8 Å². The first-order chi connectivity index (χ1) is 24.3. The van der Waals surface area contributed by atoms with Crippen LogP contribution in [0.25, 0.3) is 65.7 Å². The third kappa shape index (κ3) is 4.98. The van der Waals surface area contributed by atoms with Crippen molar-refractivity contribution in [2.45, 2.75) is 0 Å². The van der Waals surface area contributed by atoms with Crippen LogP contribution in [-0.4, -0.2) is 15.0 Å². The van der Waals surface area contributed by atoms with Crippen LogP contribution in [0.2, 0.25) is 0 Å². The third-order valence-electron chi connectivity index (χ3n) is 9.27. The minimum atomic E-state index is 0.563. The summed E-state index contributed by atoms with van der Waals surface area (Å²) in [7, 11) is 0. The van der Waals surface area contributed by atoms with Crippen LogP contribution in [0.1, 0.15) is 0 Å². The summed E-state index contributed by atoms with van der Waals surface area (Å²) in [6, 6.07) is 60.6. The minimum absolute atomic E-state index is 0.563. The molecule has 0 aliphatic heterocycles. The molecule has 0 bridgehead atoms. The lowest BCUT2D eigenvalue weighted by molar-refractivity contribution is 1.01. The van der Waals surface area contributed by atoms with Crippen LogP contribution in [0.15, 0.2) is 183 Å². The Balaban J connectivity index is 1.47. The molecule has 9 rings (SSSR count). The minimum Gasteiger partial charge on any atom is -0.279 e. The first kappa shape index (κ1) is 28.6. The summed E-state index contributed by atoms with van der Waals surface area (Å²) < 4.78 is 0. The molecule has 9 aromatic rings. The van der Waals surface area contributed by atoms with E-state index in [1.807, 2.05) is 18.2 Å². The molecule has 1 heterocycles. The number of anilines is 3. The Labute approximate surface area is 284 Å². The lowest BCUT2D eigenvalue weighted by Crippen LogP contribution is -2.13. The number of rotatable bonds is 6. The zero-order valence-corrected chi connectivity index (χ0v) is 26.6. The van der Waals surface area contributed by atoms with Crippen LogP contribution in [0.4, 0.5) is 17.3 Å². The lowest BCUT2D eigenvalue weighted by Gasteiger charge is -2.25. The van der Waals surface area contributed by atoms with E-state index in [9.17, 15) is 0 Å². The zero-order chi connectivity index (χ0) is 32.6. The molecular weight excluding hydrogens is 597 g/mol. The van der Waals surface area contributed by atoms with Crippen molar-refractivity contribution in [3.05, 3.63) is 183 Å². The van der Waals surface area contributed by atoms with Crippen LogP contribution in [-0.2, 0) is 0 Å². The molecule has 0 aliphatic rings. The average molecular weight is 627 g/mol. The highest BCUT2D eigenvalue weighted by atomic mass is 15.3. The van der Waals surface area contributed by atoms with Crippen molar-refractivity contribution in [1.82, 2.24) is 15.0 Å². The van der Waals surface area contributed by atoms with E-state index < -0.39 is 0 Å². The maximum Gasteiger partial charge on any atom is 0.237 e. The SMILES string of the molecule is c1ccc(-c2cc(-c3ccccc3)c3c4ccccc4c4cc(N(c5ccccc5)c5ncncn5)ccc4c3c2-c2ccccc2)cc1. The van der Waals surface area contributed by atoms with E-state index in [4.69, 9.17) is 0 Å². The van der Waals surface area contributed by atoms with Crippen LogP contribution < -0.4 is 4.90 Å².